The quantitative estimate of drug-likeness (QED) is 0.504. The molecule has 0 aromatic heterocycles. The third kappa shape index (κ3) is 6.79. The van der Waals surface area contributed by atoms with E-state index in [0.717, 1.165) is 32.8 Å². The first-order chi connectivity index (χ1) is 12.9. The lowest BCUT2D eigenvalue weighted by Gasteiger charge is -2.37. The predicted octanol–water partition coefficient (Wildman–Crippen LogP) is 0.982. The number of nitrogens with one attached hydrogen (secondary N) is 2. The highest BCUT2D eigenvalue weighted by Gasteiger charge is 2.24. The largest absolute Gasteiger partial charge is 0.379 e. The van der Waals surface area contributed by atoms with Crippen molar-refractivity contribution in [1.82, 2.24) is 15.5 Å². The van der Waals surface area contributed by atoms with Crippen molar-refractivity contribution in [2.75, 3.05) is 52.2 Å². The van der Waals surface area contributed by atoms with Gasteiger partial charge in [0.05, 0.1) is 23.9 Å². The number of ether oxygens (including phenoxy) is 1. The molecule has 1 atom stereocenters. The summed E-state index contributed by atoms with van der Waals surface area (Å²) in [7, 11) is -1.60. The lowest BCUT2D eigenvalue weighted by Crippen LogP contribution is -2.52. The molecule has 8 heteroatoms. The molecule has 1 aliphatic rings. The van der Waals surface area contributed by atoms with Crippen LogP contribution >= 0.6 is 0 Å². The van der Waals surface area contributed by atoms with Crippen molar-refractivity contribution in [3.8, 4) is 0 Å². The molecule has 1 saturated heterocycles. The number of aliphatic imine (C=N–C) groups is 1. The molecule has 27 heavy (non-hydrogen) atoms. The summed E-state index contributed by atoms with van der Waals surface area (Å²) in [6.07, 6.45) is 0. The summed E-state index contributed by atoms with van der Waals surface area (Å²) in [4.78, 5) is 7.00. The van der Waals surface area contributed by atoms with E-state index in [9.17, 15) is 8.42 Å². The molecule has 0 radical (unpaired) electrons. The van der Waals surface area contributed by atoms with Gasteiger partial charge in [-0.15, -0.1) is 0 Å². The molecule has 0 spiro atoms. The van der Waals surface area contributed by atoms with E-state index >= 15 is 0 Å². The third-order valence-corrected chi connectivity index (χ3v) is 6.48. The summed E-state index contributed by atoms with van der Waals surface area (Å²) in [6.45, 7) is 8.90. The van der Waals surface area contributed by atoms with Crippen LogP contribution in [-0.4, -0.2) is 77.5 Å². The third-order valence-electron chi connectivity index (χ3n) is 4.75. The number of benzene rings is 1. The molecule has 1 heterocycles. The lowest BCUT2D eigenvalue weighted by molar-refractivity contribution is 0.00752. The van der Waals surface area contributed by atoms with Gasteiger partial charge in [-0.2, -0.15) is 0 Å². The van der Waals surface area contributed by atoms with E-state index in [2.05, 4.69) is 34.4 Å². The molecule has 152 valence electrons. The van der Waals surface area contributed by atoms with Crippen molar-refractivity contribution < 1.29 is 13.2 Å². The van der Waals surface area contributed by atoms with Crippen LogP contribution in [0.3, 0.4) is 0 Å². The van der Waals surface area contributed by atoms with Gasteiger partial charge < -0.3 is 15.4 Å². The second kappa shape index (κ2) is 10.6. The molecule has 2 rings (SSSR count). The monoisotopic (exact) mass is 396 g/mol. The summed E-state index contributed by atoms with van der Waals surface area (Å²) in [6, 6.07) is 8.90. The fourth-order valence-electron chi connectivity index (χ4n) is 3.17. The van der Waals surface area contributed by atoms with Crippen LogP contribution in [0, 0.1) is 5.92 Å². The van der Waals surface area contributed by atoms with Crippen LogP contribution in [0.1, 0.15) is 13.8 Å². The smallest absolute Gasteiger partial charge is 0.191 e. The standard InChI is InChI=1S/C19H32N4O3S/c1-16(2)18(23-10-12-26-13-11-23)15-22-19(20-3)21-9-14-27(24,25)17-7-5-4-6-8-17/h4-8,16,18H,9-15H2,1-3H3,(H2,20,21,22). The number of hydrogen-bond acceptors (Lipinski definition) is 5. The number of hydrogen-bond donors (Lipinski definition) is 2. The number of rotatable bonds is 8. The van der Waals surface area contributed by atoms with Gasteiger partial charge in [-0.25, -0.2) is 8.42 Å². The van der Waals surface area contributed by atoms with Crippen LogP contribution in [0.2, 0.25) is 0 Å². The topological polar surface area (TPSA) is 83.0 Å². The zero-order valence-electron chi connectivity index (χ0n) is 16.5. The van der Waals surface area contributed by atoms with Crippen molar-refractivity contribution in [3.05, 3.63) is 30.3 Å². The van der Waals surface area contributed by atoms with Crippen molar-refractivity contribution in [2.45, 2.75) is 24.8 Å². The van der Waals surface area contributed by atoms with Gasteiger partial charge in [0.15, 0.2) is 15.8 Å². The van der Waals surface area contributed by atoms with Crippen LogP contribution in [-0.2, 0) is 14.6 Å². The van der Waals surface area contributed by atoms with E-state index in [-0.39, 0.29) is 5.75 Å². The van der Waals surface area contributed by atoms with Crippen molar-refractivity contribution in [2.24, 2.45) is 10.9 Å². The predicted molar refractivity (Wildman–Crippen MR) is 109 cm³/mol. The van der Waals surface area contributed by atoms with Gasteiger partial charge in [0.2, 0.25) is 0 Å². The SMILES string of the molecule is CN=C(NCCS(=O)(=O)c1ccccc1)NCC(C(C)C)N1CCOCC1. The van der Waals surface area contributed by atoms with Gasteiger partial charge in [-0.05, 0) is 18.1 Å². The Hall–Kier alpha value is -1.64. The van der Waals surface area contributed by atoms with Gasteiger partial charge >= 0.3 is 0 Å². The molecule has 0 aliphatic carbocycles. The van der Waals surface area contributed by atoms with Crippen LogP contribution in [0.5, 0.6) is 0 Å². The van der Waals surface area contributed by atoms with Crippen LogP contribution in [0.15, 0.2) is 40.2 Å². The molecule has 1 aromatic carbocycles. The Morgan fingerprint density at radius 1 is 1.19 bits per heavy atom. The molecule has 1 aromatic rings. The summed E-state index contributed by atoms with van der Waals surface area (Å²) in [5.41, 5.74) is 0. The first-order valence-corrected chi connectivity index (χ1v) is 11.1. The Morgan fingerprint density at radius 3 is 2.44 bits per heavy atom. The number of guanidine groups is 1. The Bertz CT molecular complexity index is 686. The Kier molecular flexibility index (Phi) is 8.53. The van der Waals surface area contributed by atoms with E-state index in [1.165, 1.54) is 0 Å². The van der Waals surface area contributed by atoms with Gasteiger partial charge in [0.25, 0.3) is 0 Å². The summed E-state index contributed by atoms with van der Waals surface area (Å²) in [5, 5.41) is 6.44. The molecule has 0 amide bonds. The summed E-state index contributed by atoms with van der Waals surface area (Å²) >= 11 is 0. The van der Waals surface area contributed by atoms with E-state index in [4.69, 9.17) is 4.74 Å². The van der Waals surface area contributed by atoms with Gasteiger partial charge in [0.1, 0.15) is 0 Å². The first-order valence-electron chi connectivity index (χ1n) is 9.48. The van der Waals surface area contributed by atoms with Crippen LogP contribution in [0.25, 0.3) is 0 Å². The number of morpholine rings is 1. The van der Waals surface area contributed by atoms with Crippen molar-refractivity contribution >= 4 is 15.8 Å². The minimum Gasteiger partial charge on any atom is -0.379 e. The van der Waals surface area contributed by atoms with Crippen molar-refractivity contribution in [3.63, 3.8) is 0 Å². The molecule has 1 aliphatic heterocycles. The second-order valence-electron chi connectivity index (χ2n) is 6.97. The van der Waals surface area contributed by atoms with Gasteiger partial charge in [0, 0.05) is 39.3 Å². The highest BCUT2D eigenvalue weighted by molar-refractivity contribution is 7.91. The van der Waals surface area contributed by atoms with Crippen molar-refractivity contribution in [1.29, 1.82) is 0 Å². The normalized spacial score (nSPS) is 17.7. The molecular weight excluding hydrogens is 364 g/mol. The molecule has 2 N–H and O–H groups in total. The van der Waals surface area contributed by atoms with Crippen LogP contribution in [0.4, 0.5) is 0 Å². The molecule has 1 unspecified atom stereocenters. The zero-order valence-corrected chi connectivity index (χ0v) is 17.3. The van der Waals surface area contributed by atoms with Gasteiger partial charge in [-0.1, -0.05) is 32.0 Å². The lowest BCUT2D eigenvalue weighted by atomic mass is 10.0. The first kappa shape index (κ1) is 21.7. The molecule has 7 nitrogen and oxygen atoms in total. The molecule has 1 fully saturated rings. The Balaban J connectivity index is 1.82. The maximum absolute atomic E-state index is 12.3. The summed E-state index contributed by atoms with van der Waals surface area (Å²) in [5.74, 6) is 1.14. The maximum Gasteiger partial charge on any atom is 0.191 e. The minimum absolute atomic E-state index is 0.0226. The molecular formula is C19H32N4O3S. The van der Waals surface area contributed by atoms with E-state index < -0.39 is 9.84 Å². The number of nitrogens with zero attached hydrogens (tertiary/aromatic N) is 2. The Morgan fingerprint density at radius 2 is 1.85 bits per heavy atom. The maximum atomic E-state index is 12.3. The molecule has 0 saturated carbocycles. The average molecular weight is 397 g/mol. The second-order valence-corrected chi connectivity index (χ2v) is 9.08. The number of sulfone groups is 1. The van der Waals surface area contributed by atoms with E-state index in [1.807, 2.05) is 6.07 Å². The van der Waals surface area contributed by atoms with Gasteiger partial charge in [-0.3, -0.25) is 9.89 Å². The Labute approximate surface area is 163 Å². The highest BCUT2D eigenvalue weighted by Crippen LogP contribution is 2.12. The molecule has 0 bridgehead atoms. The van der Waals surface area contributed by atoms with E-state index in [0.29, 0.717) is 29.4 Å². The highest BCUT2D eigenvalue weighted by atomic mass is 32.2. The fraction of sp³-hybridized carbons (Fsp3) is 0.632. The van der Waals surface area contributed by atoms with Crippen LogP contribution < -0.4 is 10.6 Å². The summed E-state index contributed by atoms with van der Waals surface area (Å²) < 4.78 is 30.1. The minimum atomic E-state index is -3.29. The van der Waals surface area contributed by atoms with E-state index in [1.54, 1.807) is 31.3 Å². The fourth-order valence-corrected chi connectivity index (χ4v) is 4.35. The zero-order chi connectivity index (χ0) is 19.7. The average Bonchev–Trinajstić information content (AvgIpc) is 2.68.